The molecule has 0 saturated carbocycles. The number of amides is 1. The van der Waals surface area contributed by atoms with E-state index in [0.29, 0.717) is 45.8 Å². The molecule has 0 aliphatic rings. The summed E-state index contributed by atoms with van der Waals surface area (Å²) < 4.78 is 21.2. The molecule has 0 saturated heterocycles. The third kappa shape index (κ3) is 3.62. The van der Waals surface area contributed by atoms with Gasteiger partial charge in [0.1, 0.15) is 0 Å². The van der Waals surface area contributed by atoms with Crippen LogP contribution in [0.4, 0.5) is 5.69 Å². The van der Waals surface area contributed by atoms with Crippen molar-refractivity contribution >= 4 is 11.6 Å². The maximum absolute atomic E-state index is 12.9. The largest absolute Gasteiger partial charge is 0.493 e. The molecule has 0 bridgehead atoms. The van der Waals surface area contributed by atoms with Gasteiger partial charge in [-0.15, -0.1) is 0 Å². The molecule has 1 N–H and O–H groups in total. The fraction of sp³-hybridized carbons (Fsp3) is 0.250. The molecular formula is C20H21N3O5. The van der Waals surface area contributed by atoms with Gasteiger partial charge in [-0.3, -0.25) is 4.79 Å². The van der Waals surface area contributed by atoms with Crippen molar-refractivity contribution in [1.82, 2.24) is 10.1 Å². The Balaban J connectivity index is 1.95. The Morgan fingerprint density at radius 1 is 1.00 bits per heavy atom. The Morgan fingerprint density at radius 2 is 1.75 bits per heavy atom. The lowest BCUT2D eigenvalue weighted by Crippen LogP contribution is -2.14. The Hall–Kier alpha value is -3.55. The van der Waals surface area contributed by atoms with Gasteiger partial charge in [-0.25, -0.2) is 0 Å². The highest BCUT2D eigenvalue weighted by Gasteiger charge is 2.21. The van der Waals surface area contributed by atoms with Crippen LogP contribution in [0.2, 0.25) is 0 Å². The molecule has 0 fully saturated rings. The standard InChI is InChI=1S/C20H21N3O5/c1-11-6-7-13(20-21-12(2)23-28-20)10-15(11)22-19(24)14-8-9-16(25-3)18(27-5)17(14)26-4/h6-10H,1-5H3,(H,22,24). The summed E-state index contributed by atoms with van der Waals surface area (Å²) in [6.45, 7) is 3.64. The molecule has 8 nitrogen and oxygen atoms in total. The summed E-state index contributed by atoms with van der Waals surface area (Å²) in [5, 5.41) is 6.70. The van der Waals surface area contributed by atoms with Crippen molar-refractivity contribution < 1.29 is 23.5 Å². The van der Waals surface area contributed by atoms with Gasteiger partial charge in [0.15, 0.2) is 17.3 Å². The summed E-state index contributed by atoms with van der Waals surface area (Å²) in [7, 11) is 4.48. The van der Waals surface area contributed by atoms with E-state index in [4.69, 9.17) is 18.7 Å². The van der Waals surface area contributed by atoms with Gasteiger partial charge in [-0.1, -0.05) is 11.2 Å². The number of nitrogens with one attached hydrogen (secondary N) is 1. The summed E-state index contributed by atoms with van der Waals surface area (Å²) in [5.74, 6) is 1.69. The van der Waals surface area contributed by atoms with Crippen LogP contribution in [0.3, 0.4) is 0 Å². The first-order valence-electron chi connectivity index (χ1n) is 8.50. The van der Waals surface area contributed by atoms with E-state index in [-0.39, 0.29) is 5.91 Å². The fourth-order valence-corrected chi connectivity index (χ4v) is 2.77. The zero-order valence-corrected chi connectivity index (χ0v) is 16.3. The highest BCUT2D eigenvalue weighted by atomic mass is 16.5. The monoisotopic (exact) mass is 383 g/mol. The van der Waals surface area contributed by atoms with E-state index in [0.717, 1.165) is 5.56 Å². The van der Waals surface area contributed by atoms with Crippen molar-refractivity contribution in [3.63, 3.8) is 0 Å². The highest BCUT2D eigenvalue weighted by Crippen LogP contribution is 2.40. The number of aryl methyl sites for hydroxylation is 2. The second-order valence-electron chi connectivity index (χ2n) is 6.01. The first kappa shape index (κ1) is 19.2. The van der Waals surface area contributed by atoms with Crippen molar-refractivity contribution in [3.05, 3.63) is 47.3 Å². The predicted octanol–water partition coefficient (Wildman–Crippen LogP) is 3.63. The van der Waals surface area contributed by atoms with E-state index < -0.39 is 0 Å². The van der Waals surface area contributed by atoms with Crippen molar-refractivity contribution in [2.24, 2.45) is 0 Å². The summed E-state index contributed by atoms with van der Waals surface area (Å²) in [4.78, 5) is 17.1. The van der Waals surface area contributed by atoms with Crippen LogP contribution in [0.25, 0.3) is 11.5 Å². The van der Waals surface area contributed by atoms with E-state index in [9.17, 15) is 4.79 Å². The lowest BCUT2D eigenvalue weighted by molar-refractivity contribution is 0.102. The molecule has 0 radical (unpaired) electrons. The first-order valence-corrected chi connectivity index (χ1v) is 8.50. The van der Waals surface area contributed by atoms with Crippen LogP contribution in [-0.2, 0) is 0 Å². The molecule has 0 aliphatic carbocycles. The number of hydrogen-bond acceptors (Lipinski definition) is 7. The topological polar surface area (TPSA) is 95.7 Å². The molecule has 1 heterocycles. The summed E-state index contributed by atoms with van der Waals surface area (Å²) >= 11 is 0. The minimum Gasteiger partial charge on any atom is -0.493 e. The number of aromatic nitrogens is 2. The van der Waals surface area contributed by atoms with Crippen molar-refractivity contribution in [2.75, 3.05) is 26.6 Å². The Morgan fingerprint density at radius 3 is 2.36 bits per heavy atom. The second kappa shape index (κ2) is 7.99. The van der Waals surface area contributed by atoms with Gasteiger partial charge in [0.25, 0.3) is 11.8 Å². The zero-order valence-electron chi connectivity index (χ0n) is 16.3. The van der Waals surface area contributed by atoms with Crippen molar-refractivity contribution in [1.29, 1.82) is 0 Å². The number of carbonyl (C=O) groups is 1. The molecule has 0 spiro atoms. The number of anilines is 1. The van der Waals surface area contributed by atoms with Crippen LogP contribution in [0.1, 0.15) is 21.7 Å². The number of ether oxygens (including phenoxy) is 3. The van der Waals surface area contributed by atoms with Crippen LogP contribution < -0.4 is 19.5 Å². The molecular weight excluding hydrogens is 362 g/mol. The molecule has 2 aromatic carbocycles. The maximum Gasteiger partial charge on any atom is 0.259 e. The van der Waals surface area contributed by atoms with E-state index in [1.165, 1.54) is 21.3 Å². The molecule has 1 amide bonds. The minimum atomic E-state index is -0.347. The van der Waals surface area contributed by atoms with Gasteiger partial charge in [0, 0.05) is 11.3 Å². The van der Waals surface area contributed by atoms with Gasteiger partial charge in [0.2, 0.25) is 5.75 Å². The lowest BCUT2D eigenvalue weighted by atomic mass is 10.1. The quantitative estimate of drug-likeness (QED) is 0.694. The van der Waals surface area contributed by atoms with Gasteiger partial charge < -0.3 is 24.1 Å². The minimum absolute atomic E-state index is 0.292. The average Bonchev–Trinajstić information content (AvgIpc) is 3.14. The molecule has 0 atom stereocenters. The van der Waals surface area contributed by atoms with Crippen molar-refractivity contribution in [3.8, 4) is 28.7 Å². The van der Waals surface area contributed by atoms with Crippen LogP contribution in [-0.4, -0.2) is 37.4 Å². The van der Waals surface area contributed by atoms with Gasteiger partial charge in [-0.2, -0.15) is 4.98 Å². The zero-order chi connectivity index (χ0) is 20.3. The molecule has 8 heteroatoms. The molecule has 28 heavy (non-hydrogen) atoms. The molecule has 1 aromatic heterocycles. The number of benzene rings is 2. The van der Waals surface area contributed by atoms with E-state index in [1.807, 2.05) is 19.1 Å². The van der Waals surface area contributed by atoms with E-state index in [2.05, 4.69) is 15.5 Å². The molecule has 146 valence electrons. The van der Waals surface area contributed by atoms with Crippen LogP contribution in [0, 0.1) is 13.8 Å². The molecule has 3 aromatic rings. The summed E-state index contributed by atoms with van der Waals surface area (Å²) in [6, 6.07) is 8.79. The van der Waals surface area contributed by atoms with E-state index >= 15 is 0 Å². The number of methoxy groups -OCH3 is 3. The number of hydrogen-bond donors (Lipinski definition) is 1. The van der Waals surface area contributed by atoms with Crippen molar-refractivity contribution in [2.45, 2.75) is 13.8 Å². The number of rotatable bonds is 6. The Bertz CT molecular complexity index is 1010. The van der Waals surface area contributed by atoms with Gasteiger partial charge in [-0.05, 0) is 43.7 Å². The molecule has 0 aliphatic heterocycles. The van der Waals surface area contributed by atoms with E-state index in [1.54, 1.807) is 25.1 Å². The first-order chi connectivity index (χ1) is 13.5. The predicted molar refractivity (Wildman–Crippen MR) is 103 cm³/mol. The molecule has 3 rings (SSSR count). The number of nitrogens with zero attached hydrogens (tertiary/aromatic N) is 2. The lowest BCUT2D eigenvalue weighted by Gasteiger charge is -2.16. The fourth-order valence-electron chi connectivity index (χ4n) is 2.77. The van der Waals surface area contributed by atoms with Crippen LogP contribution in [0.5, 0.6) is 17.2 Å². The maximum atomic E-state index is 12.9. The average molecular weight is 383 g/mol. The summed E-state index contributed by atoms with van der Waals surface area (Å²) in [6.07, 6.45) is 0. The van der Waals surface area contributed by atoms with Crippen LogP contribution >= 0.6 is 0 Å². The van der Waals surface area contributed by atoms with Gasteiger partial charge >= 0.3 is 0 Å². The third-order valence-corrected chi connectivity index (χ3v) is 4.21. The number of carbonyl (C=O) groups excluding carboxylic acids is 1. The summed E-state index contributed by atoms with van der Waals surface area (Å²) in [5.41, 5.74) is 2.53. The Kier molecular flexibility index (Phi) is 5.49. The normalized spacial score (nSPS) is 10.5. The third-order valence-electron chi connectivity index (χ3n) is 4.21. The van der Waals surface area contributed by atoms with Crippen LogP contribution in [0.15, 0.2) is 34.9 Å². The smallest absolute Gasteiger partial charge is 0.259 e. The SMILES string of the molecule is COc1ccc(C(=O)Nc2cc(-c3nc(C)no3)ccc2C)c(OC)c1OC. The molecule has 0 unspecified atom stereocenters. The second-order valence-corrected chi connectivity index (χ2v) is 6.01. The Labute approximate surface area is 162 Å². The highest BCUT2D eigenvalue weighted by molar-refractivity contribution is 6.07. The van der Waals surface area contributed by atoms with Gasteiger partial charge in [0.05, 0.1) is 26.9 Å².